The van der Waals surface area contributed by atoms with Gasteiger partial charge in [-0.2, -0.15) is 0 Å². The molecule has 0 bridgehead atoms. The zero-order valence-corrected chi connectivity index (χ0v) is 16.1. The Hall–Kier alpha value is -1.81. The smallest absolute Gasteiger partial charge is 0.137 e. The Kier molecular flexibility index (Phi) is 8.53. The van der Waals surface area contributed by atoms with E-state index in [9.17, 15) is 0 Å². The van der Waals surface area contributed by atoms with Gasteiger partial charge in [0.05, 0.1) is 6.61 Å². The number of rotatable bonds is 12. The number of hydrogen-bond donors (Lipinski definition) is 1. The summed E-state index contributed by atoms with van der Waals surface area (Å²) in [6.07, 6.45) is 8.03. The SMILES string of the molecule is CCCCN(CCCC)CCCOc1ccc(-c2ncc(C)[nH]2)cc1. The van der Waals surface area contributed by atoms with E-state index in [2.05, 4.69) is 40.8 Å². The van der Waals surface area contributed by atoms with Crippen molar-refractivity contribution in [2.75, 3.05) is 26.2 Å². The van der Waals surface area contributed by atoms with Crippen LogP contribution in [0.3, 0.4) is 0 Å². The molecule has 1 heterocycles. The number of imidazole rings is 1. The summed E-state index contributed by atoms with van der Waals surface area (Å²) in [5.41, 5.74) is 2.16. The fourth-order valence-electron chi connectivity index (χ4n) is 2.85. The molecule has 0 atom stereocenters. The van der Waals surface area contributed by atoms with Crippen molar-refractivity contribution >= 4 is 0 Å². The molecule has 0 aliphatic heterocycles. The molecule has 0 unspecified atom stereocenters. The van der Waals surface area contributed by atoms with Gasteiger partial charge in [0.15, 0.2) is 0 Å². The summed E-state index contributed by atoms with van der Waals surface area (Å²) in [4.78, 5) is 10.2. The van der Waals surface area contributed by atoms with Crippen LogP contribution in [0, 0.1) is 6.92 Å². The number of nitrogens with one attached hydrogen (secondary N) is 1. The van der Waals surface area contributed by atoms with E-state index in [0.717, 1.165) is 42.4 Å². The molecule has 4 heteroatoms. The number of aryl methyl sites for hydroxylation is 1. The molecule has 0 fully saturated rings. The lowest BCUT2D eigenvalue weighted by Gasteiger charge is -2.21. The largest absolute Gasteiger partial charge is 0.494 e. The van der Waals surface area contributed by atoms with E-state index >= 15 is 0 Å². The fourth-order valence-corrected chi connectivity index (χ4v) is 2.85. The molecule has 2 aromatic rings. The molecular weight excluding hydrogens is 310 g/mol. The molecule has 0 radical (unpaired) electrons. The molecule has 1 N–H and O–H groups in total. The first-order valence-corrected chi connectivity index (χ1v) is 9.70. The Labute approximate surface area is 152 Å². The first-order chi connectivity index (χ1) is 12.2. The fraction of sp³-hybridized carbons (Fsp3) is 0.571. The van der Waals surface area contributed by atoms with Gasteiger partial charge in [0, 0.05) is 24.0 Å². The van der Waals surface area contributed by atoms with Crippen LogP contribution >= 0.6 is 0 Å². The van der Waals surface area contributed by atoms with Crippen molar-refractivity contribution in [3.8, 4) is 17.1 Å². The second kappa shape index (κ2) is 10.9. The zero-order chi connectivity index (χ0) is 17.9. The molecule has 138 valence electrons. The second-order valence-electron chi connectivity index (χ2n) is 6.69. The molecule has 1 aromatic heterocycles. The maximum absolute atomic E-state index is 5.90. The van der Waals surface area contributed by atoms with Gasteiger partial charge in [-0.1, -0.05) is 26.7 Å². The third-order valence-electron chi connectivity index (χ3n) is 4.37. The van der Waals surface area contributed by atoms with Crippen molar-refractivity contribution in [2.24, 2.45) is 0 Å². The average molecular weight is 344 g/mol. The van der Waals surface area contributed by atoms with Crippen LogP contribution in [0.2, 0.25) is 0 Å². The van der Waals surface area contributed by atoms with Gasteiger partial charge in [0.2, 0.25) is 0 Å². The molecule has 2 rings (SSSR count). The van der Waals surface area contributed by atoms with E-state index in [0.29, 0.717) is 0 Å². The van der Waals surface area contributed by atoms with E-state index in [1.54, 1.807) is 0 Å². The molecule has 0 spiro atoms. The Morgan fingerprint density at radius 3 is 2.16 bits per heavy atom. The molecule has 0 aliphatic carbocycles. The van der Waals surface area contributed by atoms with E-state index in [-0.39, 0.29) is 0 Å². The van der Waals surface area contributed by atoms with Crippen molar-refractivity contribution in [1.29, 1.82) is 0 Å². The Morgan fingerprint density at radius 1 is 0.960 bits per heavy atom. The van der Waals surface area contributed by atoms with Crippen molar-refractivity contribution in [3.63, 3.8) is 0 Å². The van der Waals surface area contributed by atoms with E-state index in [4.69, 9.17) is 4.74 Å². The second-order valence-corrected chi connectivity index (χ2v) is 6.69. The minimum atomic E-state index is 0.772. The number of unbranched alkanes of at least 4 members (excludes halogenated alkanes) is 2. The van der Waals surface area contributed by atoms with Gasteiger partial charge in [0.25, 0.3) is 0 Å². The van der Waals surface area contributed by atoms with Crippen molar-refractivity contribution in [1.82, 2.24) is 14.9 Å². The van der Waals surface area contributed by atoms with Crippen LogP contribution in [-0.4, -0.2) is 41.1 Å². The molecule has 0 saturated heterocycles. The van der Waals surface area contributed by atoms with Gasteiger partial charge in [-0.05, 0) is 63.5 Å². The van der Waals surface area contributed by atoms with Gasteiger partial charge in [-0.15, -0.1) is 0 Å². The lowest BCUT2D eigenvalue weighted by molar-refractivity contribution is 0.229. The summed E-state index contributed by atoms with van der Waals surface area (Å²) >= 11 is 0. The minimum absolute atomic E-state index is 0.772. The van der Waals surface area contributed by atoms with Crippen LogP contribution in [0.5, 0.6) is 5.75 Å². The molecule has 0 saturated carbocycles. The average Bonchev–Trinajstić information content (AvgIpc) is 3.07. The maximum Gasteiger partial charge on any atom is 0.137 e. The highest BCUT2D eigenvalue weighted by molar-refractivity contribution is 5.56. The lowest BCUT2D eigenvalue weighted by atomic mass is 10.2. The van der Waals surface area contributed by atoms with E-state index in [1.807, 2.05) is 25.3 Å². The van der Waals surface area contributed by atoms with Crippen molar-refractivity contribution < 1.29 is 4.74 Å². The monoisotopic (exact) mass is 343 g/mol. The number of hydrogen-bond acceptors (Lipinski definition) is 3. The normalized spacial score (nSPS) is 11.2. The zero-order valence-electron chi connectivity index (χ0n) is 16.1. The van der Waals surface area contributed by atoms with Crippen LogP contribution in [0.1, 0.15) is 51.6 Å². The summed E-state index contributed by atoms with van der Waals surface area (Å²) in [6, 6.07) is 8.17. The number of aromatic nitrogens is 2. The highest BCUT2D eigenvalue weighted by Crippen LogP contribution is 2.20. The predicted molar refractivity (Wildman–Crippen MR) is 105 cm³/mol. The summed E-state index contributed by atoms with van der Waals surface area (Å²) in [5.74, 6) is 1.84. The summed E-state index contributed by atoms with van der Waals surface area (Å²) < 4.78 is 5.90. The van der Waals surface area contributed by atoms with Crippen molar-refractivity contribution in [2.45, 2.75) is 52.9 Å². The molecule has 0 aliphatic rings. The third kappa shape index (κ3) is 6.91. The number of ether oxygens (including phenoxy) is 1. The molecule has 0 amide bonds. The Bertz CT molecular complexity index is 583. The van der Waals surface area contributed by atoms with Crippen LogP contribution in [-0.2, 0) is 0 Å². The predicted octanol–water partition coefficient (Wildman–Crippen LogP) is 5.06. The van der Waals surface area contributed by atoms with Gasteiger partial charge in [0.1, 0.15) is 11.6 Å². The number of nitrogens with zero attached hydrogens (tertiary/aromatic N) is 2. The molecule has 4 nitrogen and oxygen atoms in total. The van der Waals surface area contributed by atoms with Crippen LogP contribution in [0.15, 0.2) is 30.5 Å². The lowest BCUT2D eigenvalue weighted by Crippen LogP contribution is -2.28. The Balaban J connectivity index is 1.73. The summed E-state index contributed by atoms with van der Waals surface area (Å²) in [7, 11) is 0. The topological polar surface area (TPSA) is 41.1 Å². The Morgan fingerprint density at radius 2 is 1.60 bits per heavy atom. The van der Waals surface area contributed by atoms with Crippen LogP contribution in [0.25, 0.3) is 11.4 Å². The van der Waals surface area contributed by atoms with Crippen LogP contribution in [0.4, 0.5) is 0 Å². The highest BCUT2D eigenvalue weighted by atomic mass is 16.5. The van der Waals surface area contributed by atoms with Crippen molar-refractivity contribution in [3.05, 3.63) is 36.2 Å². The first kappa shape index (κ1) is 19.5. The number of aromatic amines is 1. The summed E-state index contributed by atoms with van der Waals surface area (Å²) in [5, 5.41) is 0. The quantitative estimate of drug-likeness (QED) is 0.548. The summed E-state index contributed by atoms with van der Waals surface area (Å²) in [6.45, 7) is 10.9. The van der Waals surface area contributed by atoms with Gasteiger partial charge < -0.3 is 14.6 Å². The highest BCUT2D eigenvalue weighted by Gasteiger charge is 2.05. The maximum atomic E-state index is 5.90. The van der Waals surface area contributed by atoms with Gasteiger partial charge in [-0.25, -0.2) is 4.98 Å². The third-order valence-corrected chi connectivity index (χ3v) is 4.37. The molecule has 25 heavy (non-hydrogen) atoms. The number of H-pyrrole nitrogens is 1. The number of benzene rings is 1. The standard InChI is InChI=1S/C21H33N3O/c1-4-6-13-24(14-7-5-2)15-8-16-25-20-11-9-19(10-12-20)21-22-17-18(3)23-21/h9-12,17H,4-8,13-16H2,1-3H3,(H,22,23). The minimum Gasteiger partial charge on any atom is -0.494 e. The van der Waals surface area contributed by atoms with E-state index in [1.165, 1.54) is 38.8 Å². The van der Waals surface area contributed by atoms with Gasteiger partial charge in [-0.3, -0.25) is 0 Å². The molecular formula is C21H33N3O. The van der Waals surface area contributed by atoms with E-state index < -0.39 is 0 Å². The van der Waals surface area contributed by atoms with Crippen LogP contribution < -0.4 is 4.74 Å². The molecule has 1 aromatic carbocycles. The van der Waals surface area contributed by atoms with Gasteiger partial charge >= 0.3 is 0 Å². The first-order valence-electron chi connectivity index (χ1n) is 9.70.